The molecule has 0 bridgehead atoms. The topological polar surface area (TPSA) is 34.2 Å². The Balaban J connectivity index is 2.79. The van der Waals surface area contributed by atoms with Crippen molar-refractivity contribution >= 4 is 15.9 Å². The highest BCUT2D eigenvalue weighted by Crippen LogP contribution is 2.19. The van der Waals surface area contributed by atoms with Gasteiger partial charge in [0.15, 0.2) is 0 Å². The minimum Gasteiger partial charge on any atom is -0.478 e. The van der Waals surface area contributed by atoms with Crippen LogP contribution in [0.25, 0.3) is 0 Å². The first-order chi connectivity index (χ1) is 6.77. The lowest BCUT2D eigenvalue weighted by Gasteiger charge is -2.09. The average molecular weight is 259 g/mol. The molecule has 1 rings (SSSR count). The maximum Gasteiger partial charge on any atom is 0.217 e. The monoisotopic (exact) mass is 258 g/mol. The summed E-state index contributed by atoms with van der Waals surface area (Å²) in [5.41, 5.74) is 1.09. The summed E-state index contributed by atoms with van der Waals surface area (Å²) in [6.45, 7) is 6.41. The minimum absolute atomic E-state index is 0.647. The van der Waals surface area contributed by atoms with Gasteiger partial charge in [0.1, 0.15) is 0 Å². The normalized spacial score (nSPS) is 10.2. The van der Waals surface area contributed by atoms with E-state index < -0.39 is 0 Å². The minimum atomic E-state index is 0.647. The molecule has 0 aliphatic heterocycles. The second-order valence-electron chi connectivity index (χ2n) is 2.83. The van der Waals surface area contributed by atoms with Crippen LogP contribution in [0, 0.1) is 0 Å². The van der Waals surface area contributed by atoms with E-state index in [4.69, 9.17) is 4.74 Å². The van der Waals surface area contributed by atoms with Crippen LogP contribution in [0.5, 0.6) is 5.88 Å². The second kappa shape index (κ2) is 5.98. The predicted molar refractivity (Wildman–Crippen MR) is 60.5 cm³/mol. The van der Waals surface area contributed by atoms with E-state index in [9.17, 15) is 0 Å². The van der Waals surface area contributed by atoms with E-state index in [0.717, 1.165) is 29.0 Å². The van der Waals surface area contributed by atoms with Crippen LogP contribution in [0.3, 0.4) is 0 Å². The average Bonchev–Trinajstić information content (AvgIpc) is 2.18. The molecule has 0 aliphatic rings. The predicted octanol–water partition coefficient (Wildman–Crippen LogP) is 2.35. The molecule has 3 nitrogen and oxygen atoms in total. The SMILES string of the molecule is CCNCc1cc(Br)cnc1OCC. The van der Waals surface area contributed by atoms with Crippen LogP contribution < -0.4 is 10.1 Å². The van der Waals surface area contributed by atoms with Crippen molar-refractivity contribution in [2.24, 2.45) is 0 Å². The van der Waals surface area contributed by atoms with Gasteiger partial charge < -0.3 is 10.1 Å². The molecule has 0 aromatic carbocycles. The Labute approximate surface area is 93.0 Å². The van der Waals surface area contributed by atoms with Crippen LogP contribution in [0.2, 0.25) is 0 Å². The number of rotatable bonds is 5. The van der Waals surface area contributed by atoms with Crippen LogP contribution >= 0.6 is 15.9 Å². The Morgan fingerprint density at radius 1 is 1.50 bits per heavy atom. The van der Waals surface area contributed by atoms with E-state index in [2.05, 4.69) is 33.2 Å². The fourth-order valence-corrected chi connectivity index (χ4v) is 1.50. The van der Waals surface area contributed by atoms with Crippen molar-refractivity contribution in [3.63, 3.8) is 0 Å². The van der Waals surface area contributed by atoms with Crippen LogP contribution in [0.15, 0.2) is 16.7 Å². The molecule has 1 aromatic heterocycles. The summed E-state index contributed by atoms with van der Waals surface area (Å²) in [6, 6.07) is 2.03. The van der Waals surface area contributed by atoms with Gasteiger partial charge in [-0.2, -0.15) is 0 Å². The van der Waals surface area contributed by atoms with E-state index in [-0.39, 0.29) is 0 Å². The third kappa shape index (κ3) is 3.27. The lowest BCUT2D eigenvalue weighted by atomic mass is 10.2. The summed E-state index contributed by atoms with van der Waals surface area (Å²) in [4.78, 5) is 4.21. The second-order valence-corrected chi connectivity index (χ2v) is 3.75. The number of nitrogens with one attached hydrogen (secondary N) is 1. The molecule has 0 atom stereocenters. The molecule has 0 saturated carbocycles. The number of pyridine rings is 1. The molecule has 0 spiro atoms. The van der Waals surface area contributed by atoms with E-state index in [1.165, 1.54) is 0 Å². The smallest absolute Gasteiger partial charge is 0.217 e. The maximum atomic E-state index is 5.42. The standard InChI is InChI=1S/C10H15BrN2O/c1-3-12-6-8-5-9(11)7-13-10(8)14-4-2/h5,7,12H,3-4,6H2,1-2H3. The summed E-state index contributed by atoms with van der Waals surface area (Å²) in [6.07, 6.45) is 1.75. The molecule has 1 heterocycles. The van der Waals surface area contributed by atoms with Crippen LogP contribution in [0.4, 0.5) is 0 Å². The number of hydrogen-bond donors (Lipinski definition) is 1. The van der Waals surface area contributed by atoms with Gasteiger partial charge in [0, 0.05) is 22.8 Å². The van der Waals surface area contributed by atoms with Crippen LogP contribution in [-0.4, -0.2) is 18.1 Å². The van der Waals surface area contributed by atoms with Gasteiger partial charge >= 0.3 is 0 Å². The molecule has 1 N–H and O–H groups in total. The van der Waals surface area contributed by atoms with Crippen molar-refractivity contribution in [1.29, 1.82) is 0 Å². The summed E-state index contributed by atoms with van der Waals surface area (Å²) < 4.78 is 6.40. The zero-order chi connectivity index (χ0) is 10.4. The fraction of sp³-hybridized carbons (Fsp3) is 0.500. The number of hydrogen-bond acceptors (Lipinski definition) is 3. The van der Waals surface area contributed by atoms with Crippen molar-refractivity contribution in [2.45, 2.75) is 20.4 Å². The summed E-state index contributed by atoms with van der Waals surface area (Å²) >= 11 is 3.39. The molecule has 4 heteroatoms. The van der Waals surface area contributed by atoms with Crippen molar-refractivity contribution in [1.82, 2.24) is 10.3 Å². The van der Waals surface area contributed by atoms with Gasteiger partial charge in [0.05, 0.1) is 6.61 Å². The zero-order valence-electron chi connectivity index (χ0n) is 8.51. The molecular formula is C10H15BrN2O. The molecule has 0 aliphatic carbocycles. The Morgan fingerprint density at radius 2 is 2.29 bits per heavy atom. The first-order valence-electron chi connectivity index (χ1n) is 4.75. The van der Waals surface area contributed by atoms with Gasteiger partial charge in [-0.1, -0.05) is 6.92 Å². The number of ether oxygens (including phenoxy) is 1. The van der Waals surface area contributed by atoms with Gasteiger partial charge in [-0.15, -0.1) is 0 Å². The first kappa shape index (κ1) is 11.5. The van der Waals surface area contributed by atoms with Crippen molar-refractivity contribution in [3.05, 3.63) is 22.3 Å². The first-order valence-corrected chi connectivity index (χ1v) is 5.55. The van der Waals surface area contributed by atoms with Gasteiger partial charge in [-0.05, 0) is 35.5 Å². The molecule has 0 radical (unpaired) electrons. The Bertz CT molecular complexity index is 291. The highest BCUT2D eigenvalue weighted by molar-refractivity contribution is 9.10. The number of aromatic nitrogens is 1. The summed E-state index contributed by atoms with van der Waals surface area (Å²) in [7, 11) is 0. The van der Waals surface area contributed by atoms with Gasteiger partial charge in [0.2, 0.25) is 5.88 Å². The number of nitrogens with zero attached hydrogens (tertiary/aromatic N) is 1. The summed E-state index contributed by atoms with van der Waals surface area (Å²) in [5, 5.41) is 3.25. The van der Waals surface area contributed by atoms with E-state index in [1.807, 2.05) is 13.0 Å². The van der Waals surface area contributed by atoms with Crippen LogP contribution in [-0.2, 0) is 6.54 Å². The molecule has 0 unspecified atom stereocenters. The zero-order valence-corrected chi connectivity index (χ0v) is 10.1. The Kier molecular flexibility index (Phi) is 4.90. The third-order valence-corrected chi connectivity index (χ3v) is 2.17. The molecule has 78 valence electrons. The largest absolute Gasteiger partial charge is 0.478 e. The molecular weight excluding hydrogens is 244 g/mol. The lowest BCUT2D eigenvalue weighted by molar-refractivity contribution is 0.322. The highest BCUT2D eigenvalue weighted by atomic mass is 79.9. The summed E-state index contributed by atoms with van der Waals surface area (Å²) in [5.74, 6) is 0.719. The Hall–Kier alpha value is -0.610. The van der Waals surface area contributed by atoms with Gasteiger partial charge in [-0.25, -0.2) is 4.98 Å². The van der Waals surface area contributed by atoms with Crippen molar-refractivity contribution < 1.29 is 4.74 Å². The molecule has 0 fully saturated rings. The molecule has 14 heavy (non-hydrogen) atoms. The highest BCUT2D eigenvalue weighted by Gasteiger charge is 2.04. The molecule has 1 aromatic rings. The van der Waals surface area contributed by atoms with E-state index >= 15 is 0 Å². The fourth-order valence-electron chi connectivity index (χ4n) is 1.12. The van der Waals surface area contributed by atoms with Crippen LogP contribution in [0.1, 0.15) is 19.4 Å². The van der Waals surface area contributed by atoms with E-state index in [0.29, 0.717) is 6.61 Å². The lowest BCUT2D eigenvalue weighted by Crippen LogP contribution is -2.13. The molecule has 0 amide bonds. The Morgan fingerprint density at radius 3 is 2.93 bits per heavy atom. The van der Waals surface area contributed by atoms with Crippen molar-refractivity contribution in [3.8, 4) is 5.88 Å². The quantitative estimate of drug-likeness (QED) is 0.881. The van der Waals surface area contributed by atoms with E-state index in [1.54, 1.807) is 6.20 Å². The molecule has 0 saturated heterocycles. The van der Waals surface area contributed by atoms with Crippen molar-refractivity contribution in [2.75, 3.05) is 13.2 Å². The van der Waals surface area contributed by atoms with Gasteiger partial charge in [-0.3, -0.25) is 0 Å². The van der Waals surface area contributed by atoms with Gasteiger partial charge in [0.25, 0.3) is 0 Å². The number of halogens is 1. The third-order valence-electron chi connectivity index (χ3n) is 1.74. The maximum absolute atomic E-state index is 5.42.